The number of nitrogens with two attached hydrogens (primary N) is 1. The van der Waals surface area contributed by atoms with Crippen molar-refractivity contribution >= 4 is 5.82 Å². The number of halogens is 3. The van der Waals surface area contributed by atoms with Crippen LogP contribution in [-0.2, 0) is 12.8 Å². The van der Waals surface area contributed by atoms with Gasteiger partial charge in [-0.25, -0.2) is 10.8 Å². The first-order valence-corrected chi connectivity index (χ1v) is 5.71. The summed E-state index contributed by atoms with van der Waals surface area (Å²) < 4.78 is 42.5. The van der Waals surface area contributed by atoms with Gasteiger partial charge in [-0.2, -0.15) is 13.2 Å². The molecule has 0 radical (unpaired) electrons. The summed E-state index contributed by atoms with van der Waals surface area (Å²) in [5.74, 6) is 6.05. The van der Waals surface area contributed by atoms with Crippen LogP contribution in [0.15, 0.2) is 42.5 Å². The molecule has 0 aliphatic carbocycles. The maximum Gasteiger partial charge on any atom is 0.416 e. The first-order valence-electron chi connectivity index (χ1n) is 5.71. The highest BCUT2D eigenvalue weighted by Gasteiger charge is 2.29. The minimum atomic E-state index is -4.35. The molecule has 1 aromatic carbocycles. The van der Waals surface area contributed by atoms with E-state index in [4.69, 9.17) is 10.6 Å². The molecule has 1 aromatic heterocycles. The number of hydrazine groups is 1. The second-order valence-electron chi connectivity index (χ2n) is 3.97. The maximum absolute atomic E-state index is 12.4. The number of alkyl halides is 3. The zero-order chi connectivity index (χ0) is 14.6. The third-order valence-electron chi connectivity index (χ3n) is 2.52. The van der Waals surface area contributed by atoms with Crippen LogP contribution in [0.25, 0.3) is 0 Å². The number of rotatable bonds is 4. The summed E-state index contributed by atoms with van der Waals surface area (Å²) in [6.45, 7) is 0.140. The number of nitrogens with zero attached hydrogens (tertiary/aromatic N) is 1. The lowest BCUT2D eigenvalue weighted by atomic mass is 10.2. The molecule has 0 amide bonds. The zero-order valence-electron chi connectivity index (χ0n) is 10.3. The molecule has 2 aromatic rings. The van der Waals surface area contributed by atoms with E-state index in [-0.39, 0.29) is 6.61 Å². The number of anilines is 1. The molecular weight excluding hydrogens is 271 g/mol. The molecule has 0 saturated carbocycles. The van der Waals surface area contributed by atoms with Gasteiger partial charge < -0.3 is 10.2 Å². The quantitative estimate of drug-likeness (QED) is 0.669. The van der Waals surface area contributed by atoms with E-state index in [1.165, 1.54) is 12.1 Å². The van der Waals surface area contributed by atoms with Crippen LogP contribution in [-0.4, -0.2) is 4.98 Å². The van der Waals surface area contributed by atoms with Crippen molar-refractivity contribution in [3.05, 3.63) is 53.7 Å². The Morgan fingerprint density at radius 2 is 1.80 bits per heavy atom. The summed E-state index contributed by atoms with van der Waals surface area (Å²) in [6, 6.07) is 9.64. The van der Waals surface area contributed by atoms with Gasteiger partial charge in [-0.1, -0.05) is 6.07 Å². The molecule has 106 valence electrons. The molecule has 7 heteroatoms. The normalized spacial score (nSPS) is 11.2. The minimum absolute atomic E-state index is 0.140. The minimum Gasteiger partial charge on any atom is -0.487 e. The summed E-state index contributed by atoms with van der Waals surface area (Å²) >= 11 is 0. The Morgan fingerprint density at radius 3 is 2.40 bits per heavy atom. The molecule has 0 bridgehead atoms. The Labute approximate surface area is 113 Å². The standard InChI is InChI=1S/C13H12F3N3O/c14-13(15,16)9-4-6-11(7-5-9)20-8-10-2-1-3-12(18-10)19-17/h1-7H,8,17H2,(H,18,19). The van der Waals surface area contributed by atoms with E-state index in [1.807, 2.05) is 0 Å². The highest BCUT2D eigenvalue weighted by molar-refractivity contribution is 5.33. The summed E-state index contributed by atoms with van der Waals surface area (Å²) in [6.07, 6.45) is -4.35. The van der Waals surface area contributed by atoms with Crippen molar-refractivity contribution in [2.45, 2.75) is 12.8 Å². The van der Waals surface area contributed by atoms with Crippen LogP contribution in [0.5, 0.6) is 5.75 Å². The molecule has 0 aliphatic heterocycles. The SMILES string of the molecule is NNc1cccc(COc2ccc(C(F)(F)F)cc2)n1. The fourth-order valence-corrected chi connectivity index (χ4v) is 1.54. The van der Waals surface area contributed by atoms with Crippen molar-refractivity contribution in [2.75, 3.05) is 5.43 Å². The van der Waals surface area contributed by atoms with Gasteiger partial charge in [0.1, 0.15) is 18.2 Å². The Kier molecular flexibility index (Phi) is 4.09. The predicted octanol–water partition coefficient (Wildman–Crippen LogP) is 2.97. The van der Waals surface area contributed by atoms with E-state index in [2.05, 4.69) is 10.4 Å². The molecule has 0 unspecified atom stereocenters. The van der Waals surface area contributed by atoms with Gasteiger partial charge in [-0.3, -0.25) is 0 Å². The highest BCUT2D eigenvalue weighted by Crippen LogP contribution is 2.30. The van der Waals surface area contributed by atoms with E-state index < -0.39 is 11.7 Å². The monoisotopic (exact) mass is 283 g/mol. The molecule has 2 rings (SSSR count). The van der Waals surface area contributed by atoms with E-state index in [1.54, 1.807) is 18.2 Å². The van der Waals surface area contributed by atoms with Gasteiger partial charge in [0.05, 0.1) is 11.3 Å². The lowest BCUT2D eigenvalue weighted by Gasteiger charge is -2.09. The van der Waals surface area contributed by atoms with Gasteiger partial charge in [0, 0.05) is 0 Å². The Balaban J connectivity index is 2.00. The first kappa shape index (κ1) is 14.1. The number of benzene rings is 1. The second kappa shape index (κ2) is 5.79. The molecule has 0 saturated heterocycles. The number of aromatic nitrogens is 1. The summed E-state index contributed by atoms with van der Waals surface area (Å²) in [5.41, 5.74) is 2.30. The van der Waals surface area contributed by atoms with E-state index in [0.717, 1.165) is 12.1 Å². The van der Waals surface area contributed by atoms with Crippen LogP contribution in [0.4, 0.5) is 19.0 Å². The Hall–Kier alpha value is -2.28. The van der Waals surface area contributed by atoms with E-state index >= 15 is 0 Å². The van der Waals surface area contributed by atoms with Crippen molar-refractivity contribution in [3.63, 3.8) is 0 Å². The number of hydrogen-bond acceptors (Lipinski definition) is 4. The maximum atomic E-state index is 12.4. The van der Waals surface area contributed by atoms with Crippen molar-refractivity contribution < 1.29 is 17.9 Å². The molecule has 3 N–H and O–H groups in total. The van der Waals surface area contributed by atoms with Gasteiger partial charge in [0.25, 0.3) is 0 Å². The average Bonchev–Trinajstić information content (AvgIpc) is 2.45. The van der Waals surface area contributed by atoms with Gasteiger partial charge in [-0.15, -0.1) is 0 Å². The fraction of sp³-hybridized carbons (Fsp3) is 0.154. The topological polar surface area (TPSA) is 60.2 Å². The highest BCUT2D eigenvalue weighted by atomic mass is 19.4. The van der Waals surface area contributed by atoms with E-state index in [9.17, 15) is 13.2 Å². The number of hydrogen-bond donors (Lipinski definition) is 2. The number of ether oxygens (including phenoxy) is 1. The van der Waals surface area contributed by atoms with Crippen LogP contribution in [0.1, 0.15) is 11.3 Å². The second-order valence-corrected chi connectivity index (χ2v) is 3.97. The van der Waals surface area contributed by atoms with Crippen LogP contribution in [0.3, 0.4) is 0 Å². The van der Waals surface area contributed by atoms with Gasteiger partial charge >= 0.3 is 6.18 Å². The lowest BCUT2D eigenvalue weighted by molar-refractivity contribution is -0.137. The number of nitrogen functional groups attached to an aromatic ring is 1. The Bertz CT molecular complexity index is 570. The summed E-state index contributed by atoms with van der Waals surface area (Å²) in [4.78, 5) is 4.12. The molecular formula is C13H12F3N3O. The number of pyridine rings is 1. The largest absolute Gasteiger partial charge is 0.487 e. The number of nitrogens with one attached hydrogen (secondary N) is 1. The zero-order valence-corrected chi connectivity index (χ0v) is 10.3. The molecule has 20 heavy (non-hydrogen) atoms. The molecule has 4 nitrogen and oxygen atoms in total. The molecule has 0 spiro atoms. The van der Waals surface area contributed by atoms with Crippen LogP contribution >= 0.6 is 0 Å². The average molecular weight is 283 g/mol. The summed E-state index contributed by atoms with van der Waals surface area (Å²) in [5, 5.41) is 0. The molecule has 0 fully saturated rings. The predicted molar refractivity (Wildman–Crippen MR) is 67.8 cm³/mol. The smallest absolute Gasteiger partial charge is 0.416 e. The van der Waals surface area contributed by atoms with Gasteiger partial charge in [-0.05, 0) is 36.4 Å². The van der Waals surface area contributed by atoms with Crippen molar-refractivity contribution in [1.29, 1.82) is 0 Å². The van der Waals surface area contributed by atoms with E-state index in [0.29, 0.717) is 17.3 Å². The van der Waals surface area contributed by atoms with Gasteiger partial charge in [0.15, 0.2) is 0 Å². The fourth-order valence-electron chi connectivity index (χ4n) is 1.54. The molecule has 0 atom stereocenters. The third-order valence-corrected chi connectivity index (χ3v) is 2.52. The van der Waals surface area contributed by atoms with Crippen molar-refractivity contribution in [2.24, 2.45) is 5.84 Å². The van der Waals surface area contributed by atoms with Gasteiger partial charge in [0.2, 0.25) is 0 Å². The van der Waals surface area contributed by atoms with Crippen LogP contribution in [0, 0.1) is 0 Å². The van der Waals surface area contributed by atoms with Crippen LogP contribution in [0.2, 0.25) is 0 Å². The molecule has 0 aliphatic rings. The lowest BCUT2D eigenvalue weighted by Crippen LogP contribution is -2.10. The summed E-state index contributed by atoms with van der Waals surface area (Å²) in [7, 11) is 0. The third kappa shape index (κ3) is 3.61. The first-order chi connectivity index (χ1) is 9.49. The van der Waals surface area contributed by atoms with Crippen molar-refractivity contribution in [3.8, 4) is 5.75 Å². The molecule has 1 heterocycles. The Morgan fingerprint density at radius 1 is 1.10 bits per heavy atom. The van der Waals surface area contributed by atoms with Crippen LogP contribution < -0.4 is 16.0 Å². The van der Waals surface area contributed by atoms with Crippen molar-refractivity contribution in [1.82, 2.24) is 4.98 Å².